The lowest BCUT2D eigenvalue weighted by Gasteiger charge is -2.09. The molecule has 0 saturated heterocycles. The Hall–Kier alpha value is -1.74. The molecule has 0 atom stereocenters. The van der Waals surface area contributed by atoms with Crippen molar-refractivity contribution in [1.82, 2.24) is 4.98 Å². The molecule has 0 bridgehead atoms. The molecule has 0 aliphatic rings. The van der Waals surface area contributed by atoms with Gasteiger partial charge in [-0.25, -0.2) is 0 Å². The molecule has 1 heterocycles. The number of hydrogen-bond acceptors (Lipinski definition) is 1. The van der Waals surface area contributed by atoms with Crippen LogP contribution in [-0.2, 0) is 6.54 Å². The first-order chi connectivity index (χ1) is 9.22. The number of benzene rings is 2. The van der Waals surface area contributed by atoms with Crippen LogP contribution < -0.4 is 5.32 Å². The number of aromatic amines is 1. The number of anilines is 1. The highest BCUT2D eigenvalue weighted by molar-refractivity contribution is 9.10. The zero-order chi connectivity index (χ0) is 13.2. The Balaban J connectivity index is 1.77. The van der Waals surface area contributed by atoms with Crippen LogP contribution in [0.4, 0.5) is 5.69 Å². The lowest BCUT2D eigenvalue weighted by Crippen LogP contribution is -2.00. The first-order valence-corrected chi connectivity index (χ1v) is 7.08. The standard InChI is InChI=1S/C16H15BrN2/c1-11-2-3-13(15(17)8-11)10-19-14-4-5-16-12(9-14)6-7-18-16/h2-9,18-19H,10H2,1H3. The van der Waals surface area contributed by atoms with Gasteiger partial charge in [-0.05, 0) is 48.4 Å². The summed E-state index contributed by atoms with van der Waals surface area (Å²) in [6, 6.07) is 14.9. The van der Waals surface area contributed by atoms with E-state index >= 15 is 0 Å². The van der Waals surface area contributed by atoms with Crippen LogP contribution in [0.5, 0.6) is 0 Å². The third-order valence-electron chi connectivity index (χ3n) is 3.24. The maximum Gasteiger partial charge on any atom is 0.0455 e. The summed E-state index contributed by atoms with van der Waals surface area (Å²) in [5.74, 6) is 0. The number of aromatic nitrogens is 1. The summed E-state index contributed by atoms with van der Waals surface area (Å²) < 4.78 is 1.16. The van der Waals surface area contributed by atoms with Gasteiger partial charge >= 0.3 is 0 Å². The maximum atomic E-state index is 3.61. The molecule has 0 saturated carbocycles. The fourth-order valence-corrected chi connectivity index (χ4v) is 2.79. The van der Waals surface area contributed by atoms with Crippen LogP contribution in [0.25, 0.3) is 10.9 Å². The predicted octanol–water partition coefficient (Wildman–Crippen LogP) is 4.85. The van der Waals surface area contributed by atoms with Crippen LogP contribution in [0.1, 0.15) is 11.1 Å². The van der Waals surface area contributed by atoms with Gasteiger partial charge in [0.25, 0.3) is 0 Å². The Labute approximate surface area is 121 Å². The molecule has 3 rings (SSSR count). The first kappa shape index (κ1) is 12.3. The van der Waals surface area contributed by atoms with E-state index in [-0.39, 0.29) is 0 Å². The summed E-state index contributed by atoms with van der Waals surface area (Å²) in [7, 11) is 0. The van der Waals surface area contributed by atoms with Crippen molar-refractivity contribution in [3.05, 3.63) is 64.3 Å². The summed E-state index contributed by atoms with van der Waals surface area (Å²) in [6.07, 6.45) is 1.96. The van der Waals surface area contributed by atoms with Crippen molar-refractivity contribution in [2.24, 2.45) is 0 Å². The normalized spacial score (nSPS) is 10.8. The fraction of sp³-hybridized carbons (Fsp3) is 0.125. The molecule has 0 fully saturated rings. The molecule has 19 heavy (non-hydrogen) atoms. The van der Waals surface area contributed by atoms with Gasteiger partial charge in [-0.3, -0.25) is 0 Å². The number of aryl methyl sites for hydroxylation is 1. The minimum atomic E-state index is 0.816. The predicted molar refractivity (Wildman–Crippen MR) is 84.5 cm³/mol. The minimum Gasteiger partial charge on any atom is -0.381 e. The molecule has 2 N–H and O–H groups in total. The van der Waals surface area contributed by atoms with Crippen molar-refractivity contribution in [3.8, 4) is 0 Å². The smallest absolute Gasteiger partial charge is 0.0455 e. The molecule has 3 aromatic rings. The Kier molecular flexibility index (Phi) is 3.30. The van der Waals surface area contributed by atoms with Crippen molar-refractivity contribution < 1.29 is 0 Å². The highest BCUT2D eigenvalue weighted by Gasteiger charge is 2.01. The van der Waals surface area contributed by atoms with Gasteiger partial charge in [-0.1, -0.05) is 28.1 Å². The monoisotopic (exact) mass is 314 g/mol. The van der Waals surface area contributed by atoms with Crippen LogP contribution in [0.3, 0.4) is 0 Å². The van der Waals surface area contributed by atoms with Crippen molar-refractivity contribution in [3.63, 3.8) is 0 Å². The summed E-state index contributed by atoms with van der Waals surface area (Å²) in [4.78, 5) is 3.20. The Morgan fingerprint density at radius 2 is 2.00 bits per heavy atom. The molecule has 0 radical (unpaired) electrons. The summed E-state index contributed by atoms with van der Waals surface area (Å²) >= 11 is 3.61. The SMILES string of the molecule is Cc1ccc(CNc2ccc3[nH]ccc3c2)c(Br)c1. The number of nitrogens with one attached hydrogen (secondary N) is 2. The molecule has 2 nitrogen and oxygen atoms in total. The first-order valence-electron chi connectivity index (χ1n) is 6.28. The minimum absolute atomic E-state index is 0.816. The maximum absolute atomic E-state index is 3.61. The molecule has 2 aromatic carbocycles. The Morgan fingerprint density at radius 3 is 2.84 bits per heavy atom. The van der Waals surface area contributed by atoms with E-state index in [1.165, 1.54) is 22.0 Å². The Bertz CT molecular complexity index is 716. The largest absolute Gasteiger partial charge is 0.381 e. The van der Waals surface area contributed by atoms with Gasteiger partial charge < -0.3 is 10.3 Å². The number of H-pyrrole nitrogens is 1. The van der Waals surface area contributed by atoms with Crippen molar-refractivity contribution >= 4 is 32.5 Å². The zero-order valence-corrected chi connectivity index (χ0v) is 12.3. The van der Waals surface area contributed by atoms with Gasteiger partial charge in [-0.2, -0.15) is 0 Å². The molecule has 0 spiro atoms. The van der Waals surface area contributed by atoms with E-state index in [2.05, 4.69) is 75.6 Å². The molecule has 3 heteroatoms. The quantitative estimate of drug-likeness (QED) is 0.710. The third kappa shape index (κ3) is 2.66. The van der Waals surface area contributed by atoms with E-state index in [0.29, 0.717) is 0 Å². The van der Waals surface area contributed by atoms with E-state index in [9.17, 15) is 0 Å². The highest BCUT2D eigenvalue weighted by Crippen LogP contribution is 2.21. The van der Waals surface area contributed by atoms with Crippen molar-refractivity contribution in [2.45, 2.75) is 13.5 Å². The van der Waals surface area contributed by atoms with Crippen LogP contribution in [0, 0.1) is 6.92 Å². The second-order valence-corrected chi connectivity index (χ2v) is 5.58. The van der Waals surface area contributed by atoms with E-state index < -0.39 is 0 Å². The van der Waals surface area contributed by atoms with Gasteiger partial charge in [0.05, 0.1) is 0 Å². The summed E-state index contributed by atoms with van der Waals surface area (Å²) in [6.45, 7) is 2.92. The number of hydrogen-bond donors (Lipinski definition) is 2. The van der Waals surface area contributed by atoms with E-state index in [1.54, 1.807) is 0 Å². The topological polar surface area (TPSA) is 27.8 Å². The van der Waals surface area contributed by atoms with Crippen molar-refractivity contribution in [1.29, 1.82) is 0 Å². The molecule has 0 unspecified atom stereocenters. The van der Waals surface area contributed by atoms with Crippen molar-refractivity contribution in [2.75, 3.05) is 5.32 Å². The number of fused-ring (bicyclic) bond motifs is 1. The molecule has 0 aliphatic carbocycles. The molecule has 0 aliphatic heterocycles. The average Bonchev–Trinajstić information content (AvgIpc) is 2.85. The van der Waals surface area contributed by atoms with Gasteiger partial charge in [0, 0.05) is 33.8 Å². The van der Waals surface area contributed by atoms with E-state index in [1.807, 2.05) is 6.20 Å². The lowest BCUT2D eigenvalue weighted by atomic mass is 10.1. The average molecular weight is 315 g/mol. The Morgan fingerprint density at radius 1 is 1.11 bits per heavy atom. The second-order valence-electron chi connectivity index (χ2n) is 4.73. The lowest BCUT2D eigenvalue weighted by molar-refractivity contribution is 1.13. The van der Waals surface area contributed by atoms with Gasteiger partial charge in [-0.15, -0.1) is 0 Å². The molecule has 96 valence electrons. The second kappa shape index (κ2) is 5.10. The highest BCUT2D eigenvalue weighted by atomic mass is 79.9. The van der Waals surface area contributed by atoms with Gasteiger partial charge in [0.1, 0.15) is 0 Å². The zero-order valence-electron chi connectivity index (χ0n) is 10.7. The van der Waals surface area contributed by atoms with Crippen LogP contribution in [-0.4, -0.2) is 4.98 Å². The fourth-order valence-electron chi connectivity index (χ4n) is 2.16. The number of rotatable bonds is 3. The number of halogens is 1. The molecular weight excluding hydrogens is 300 g/mol. The van der Waals surface area contributed by atoms with Crippen LogP contribution in [0.15, 0.2) is 53.1 Å². The molecule has 1 aromatic heterocycles. The van der Waals surface area contributed by atoms with E-state index in [0.717, 1.165) is 16.7 Å². The third-order valence-corrected chi connectivity index (χ3v) is 3.98. The van der Waals surface area contributed by atoms with Gasteiger partial charge in [0.15, 0.2) is 0 Å². The molecular formula is C16H15BrN2. The summed E-state index contributed by atoms with van der Waals surface area (Å²) in [5, 5.41) is 4.69. The summed E-state index contributed by atoms with van der Waals surface area (Å²) in [5.41, 5.74) is 4.84. The molecule has 0 amide bonds. The van der Waals surface area contributed by atoms with Gasteiger partial charge in [0.2, 0.25) is 0 Å². The van der Waals surface area contributed by atoms with Crippen LogP contribution in [0.2, 0.25) is 0 Å². The van der Waals surface area contributed by atoms with E-state index in [4.69, 9.17) is 0 Å². The van der Waals surface area contributed by atoms with Crippen LogP contribution >= 0.6 is 15.9 Å².